The van der Waals surface area contributed by atoms with E-state index < -0.39 is 0 Å². The van der Waals surface area contributed by atoms with Crippen LogP contribution >= 0.6 is 0 Å². The first kappa shape index (κ1) is 32.1. The van der Waals surface area contributed by atoms with Crippen molar-refractivity contribution in [2.75, 3.05) is 0 Å². The van der Waals surface area contributed by atoms with Gasteiger partial charge in [-0.25, -0.2) is 0 Å². The molecule has 3 aromatic rings. The average Bonchev–Trinajstić information content (AvgIpc) is 2.94. The lowest BCUT2D eigenvalue weighted by Gasteiger charge is -2.42. The topological polar surface area (TPSA) is 0 Å². The lowest BCUT2D eigenvalue weighted by Crippen LogP contribution is -2.34. The molecule has 0 nitrogen and oxygen atoms in total. The van der Waals surface area contributed by atoms with Crippen molar-refractivity contribution in [1.29, 1.82) is 0 Å². The molecule has 0 radical (unpaired) electrons. The molecular formula is C42H56. The summed E-state index contributed by atoms with van der Waals surface area (Å²) in [5.41, 5.74) is 16.5. The maximum absolute atomic E-state index is 4.59. The highest BCUT2D eigenvalue weighted by Crippen LogP contribution is 2.49. The first-order valence-corrected chi connectivity index (χ1v) is 16.3. The van der Waals surface area contributed by atoms with Crippen molar-refractivity contribution >= 4 is 11.1 Å². The molecule has 0 aliphatic heterocycles. The molecule has 42 heavy (non-hydrogen) atoms. The van der Waals surface area contributed by atoms with Gasteiger partial charge in [0.25, 0.3) is 0 Å². The molecule has 0 saturated heterocycles. The van der Waals surface area contributed by atoms with Crippen LogP contribution in [0.4, 0.5) is 0 Å². The zero-order chi connectivity index (χ0) is 31.4. The second-order valence-electron chi connectivity index (χ2n) is 15.5. The van der Waals surface area contributed by atoms with E-state index in [4.69, 9.17) is 0 Å². The second-order valence-corrected chi connectivity index (χ2v) is 15.5. The summed E-state index contributed by atoms with van der Waals surface area (Å²) in [7, 11) is 0. The minimum atomic E-state index is 0.186. The van der Waals surface area contributed by atoms with Crippen LogP contribution in [0.3, 0.4) is 0 Å². The van der Waals surface area contributed by atoms with Gasteiger partial charge in [-0.3, -0.25) is 0 Å². The lowest BCUT2D eigenvalue weighted by molar-refractivity contribution is 0.331. The van der Waals surface area contributed by atoms with Gasteiger partial charge in [-0.15, -0.1) is 0 Å². The van der Waals surface area contributed by atoms with Crippen LogP contribution in [0.15, 0.2) is 61.7 Å². The minimum absolute atomic E-state index is 0.186. The SMILES string of the molecule is C=C(c1ccc(C(=C)c2cc3c(cc2C)C(C)(C)CCC3(C)C)cc1)c1cc2c(cc1C)C(C)(C)CCC2(C)C.CC. The summed E-state index contributed by atoms with van der Waals surface area (Å²) in [4.78, 5) is 0. The van der Waals surface area contributed by atoms with Gasteiger partial charge in [-0.1, -0.05) is 131 Å². The fourth-order valence-electron chi connectivity index (χ4n) is 7.28. The van der Waals surface area contributed by atoms with Crippen molar-refractivity contribution in [1.82, 2.24) is 0 Å². The van der Waals surface area contributed by atoms with Crippen LogP contribution in [-0.2, 0) is 21.7 Å². The monoisotopic (exact) mass is 560 g/mol. The number of benzene rings is 3. The van der Waals surface area contributed by atoms with Crippen LogP contribution in [0, 0.1) is 13.8 Å². The van der Waals surface area contributed by atoms with Gasteiger partial charge in [-0.05, 0) is 128 Å². The van der Waals surface area contributed by atoms with E-state index >= 15 is 0 Å². The lowest BCUT2D eigenvalue weighted by atomic mass is 9.62. The highest BCUT2D eigenvalue weighted by atomic mass is 14.4. The second kappa shape index (κ2) is 11.0. The van der Waals surface area contributed by atoms with E-state index in [1.165, 1.54) is 81.3 Å². The van der Waals surface area contributed by atoms with Crippen LogP contribution in [-0.4, -0.2) is 0 Å². The molecular weight excluding hydrogens is 504 g/mol. The van der Waals surface area contributed by atoms with E-state index in [2.05, 4.69) is 131 Å². The summed E-state index contributed by atoms with van der Waals surface area (Å²) < 4.78 is 0. The van der Waals surface area contributed by atoms with Crippen molar-refractivity contribution in [3.05, 3.63) is 117 Å². The molecule has 0 atom stereocenters. The molecule has 0 heteroatoms. The zero-order valence-corrected chi connectivity index (χ0v) is 28.9. The summed E-state index contributed by atoms with van der Waals surface area (Å²) in [5.74, 6) is 0. The molecule has 0 heterocycles. The molecule has 5 rings (SSSR count). The Balaban J connectivity index is 0.00000198. The summed E-state index contributed by atoms with van der Waals surface area (Å²) in [6.07, 6.45) is 4.90. The Morgan fingerprint density at radius 1 is 0.476 bits per heavy atom. The molecule has 2 aliphatic rings. The van der Waals surface area contributed by atoms with E-state index in [0.717, 1.165) is 11.1 Å². The van der Waals surface area contributed by atoms with Crippen LogP contribution in [0.5, 0.6) is 0 Å². The van der Waals surface area contributed by atoms with Crippen LogP contribution < -0.4 is 0 Å². The Hall–Kier alpha value is -2.86. The highest BCUT2D eigenvalue weighted by Gasteiger charge is 2.38. The molecule has 224 valence electrons. The predicted octanol–water partition coefficient (Wildman–Crippen LogP) is 12.2. The van der Waals surface area contributed by atoms with Gasteiger partial charge in [0.1, 0.15) is 0 Å². The number of aryl methyl sites for hydroxylation is 2. The minimum Gasteiger partial charge on any atom is -0.0905 e. The first-order valence-electron chi connectivity index (χ1n) is 16.3. The van der Waals surface area contributed by atoms with Crippen LogP contribution in [0.1, 0.15) is 151 Å². The normalized spacial score (nSPS) is 19.0. The number of hydrogen-bond donors (Lipinski definition) is 0. The van der Waals surface area contributed by atoms with Crippen LogP contribution in [0.25, 0.3) is 11.1 Å². The molecule has 0 bridgehead atoms. The maximum atomic E-state index is 4.59. The van der Waals surface area contributed by atoms with E-state index in [0.29, 0.717) is 0 Å². The Bertz CT molecular complexity index is 1400. The van der Waals surface area contributed by atoms with Crippen molar-refractivity contribution < 1.29 is 0 Å². The summed E-state index contributed by atoms with van der Waals surface area (Å²) in [6, 6.07) is 18.7. The third-order valence-corrected chi connectivity index (χ3v) is 10.6. The zero-order valence-electron chi connectivity index (χ0n) is 28.9. The summed E-state index contributed by atoms with van der Waals surface area (Å²) in [5, 5.41) is 0. The van der Waals surface area contributed by atoms with Gasteiger partial charge in [-0.2, -0.15) is 0 Å². The van der Waals surface area contributed by atoms with E-state index in [1.54, 1.807) is 0 Å². The molecule has 0 saturated carbocycles. The average molecular weight is 561 g/mol. The highest BCUT2D eigenvalue weighted by molar-refractivity contribution is 5.84. The van der Waals surface area contributed by atoms with E-state index in [-0.39, 0.29) is 21.7 Å². The van der Waals surface area contributed by atoms with Crippen molar-refractivity contribution in [3.63, 3.8) is 0 Å². The molecule has 3 aromatic carbocycles. The van der Waals surface area contributed by atoms with Crippen molar-refractivity contribution in [3.8, 4) is 0 Å². The van der Waals surface area contributed by atoms with Crippen molar-refractivity contribution in [2.45, 2.75) is 130 Å². The largest absolute Gasteiger partial charge is 0.0905 e. The third-order valence-electron chi connectivity index (χ3n) is 10.6. The Kier molecular flexibility index (Phi) is 8.40. The van der Waals surface area contributed by atoms with Gasteiger partial charge in [0, 0.05) is 0 Å². The molecule has 0 spiro atoms. The number of fused-ring (bicyclic) bond motifs is 2. The summed E-state index contributed by atoms with van der Waals surface area (Å²) in [6.45, 7) is 36.8. The van der Waals surface area contributed by atoms with Gasteiger partial charge >= 0.3 is 0 Å². The maximum Gasteiger partial charge on any atom is -0.0100 e. The molecule has 0 aromatic heterocycles. The third kappa shape index (κ3) is 5.59. The number of rotatable bonds is 4. The summed E-state index contributed by atoms with van der Waals surface area (Å²) >= 11 is 0. The first-order chi connectivity index (χ1) is 19.4. The molecule has 0 fully saturated rings. The fraction of sp³-hybridized carbons (Fsp3) is 0.476. The quantitative estimate of drug-likeness (QED) is 0.298. The Morgan fingerprint density at radius 3 is 0.976 bits per heavy atom. The molecule has 0 N–H and O–H groups in total. The van der Waals surface area contributed by atoms with Crippen LogP contribution in [0.2, 0.25) is 0 Å². The van der Waals surface area contributed by atoms with E-state index in [9.17, 15) is 0 Å². The standard InChI is InChI=1S/C40H50.C2H6/c1-25-21-33-35(39(9,10)19-17-37(33,5)6)23-31(25)27(3)29-13-15-30(16-14-29)28(4)32-24-36-34(22-26(32)2)38(7,8)18-20-40(36,11)12;1-2/h13-16,21-24H,3-4,17-20H2,1-2,5-12H3;1-2H3. The number of hydrogen-bond acceptors (Lipinski definition) is 0. The van der Waals surface area contributed by atoms with Gasteiger partial charge in [0.2, 0.25) is 0 Å². The molecule has 2 aliphatic carbocycles. The van der Waals surface area contributed by atoms with Crippen molar-refractivity contribution in [2.24, 2.45) is 0 Å². The Labute approximate surface area is 258 Å². The molecule has 0 unspecified atom stereocenters. The van der Waals surface area contributed by atoms with Gasteiger partial charge in [0.15, 0.2) is 0 Å². The van der Waals surface area contributed by atoms with E-state index in [1.807, 2.05) is 13.8 Å². The smallest absolute Gasteiger partial charge is 0.0100 e. The fourth-order valence-corrected chi connectivity index (χ4v) is 7.28. The predicted molar refractivity (Wildman–Crippen MR) is 187 cm³/mol. The Morgan fingerprint density at radius 2 is 0.714 bits per heavy atom. The molecule has 0 amide bonds. The van der Waals surface area contributed by atoms with Gasteiger partial charge in [0.05, 0.1) is 0 Å². The van der Waals surface area contributed by atoms with Gasteiger partial charge < -0.3 is 0 Å².